The Bertz CT molecular complexity index is 352. The third-order valence-corrected chi connectivity index (χ3v) is 2.33. The highest BCUT2D eigenvalue weighted by molar-refractivity contribution is 6.30. The Kier molecular flexibility index (Phi) is 3.57. The van der Waals surface area contributed by atoms with Gasteiger partial charge in [0.1, 0.15) is 5.15 Å². The lowest BCUT2D eigenvalue weighted by atomic mass is 10.0. The summed E-state index contributed by atoms with van der Waals surface area (Å²) in [6.07, 6.45) is -4.39. The van der Waals surface area contributed by atoms with E-state index in [2.05, 4.69) is 4.98 Å². The number of pyridine rings is 1. The number of alkyl halides is 3. The first-order valence-corrected chi connectivity index (χ1v) is 4.64. The van der Waals surface area contributed by atoms with E-state index in [1.807, 2.05) is 0 Å². The van der Waals surface area contributed by atoms with Crippen LogP contribution in [-0.2, 0) is 0 Å². The van der Waals surface area contributed by atoms with Crippen molar-refractivity contribution in [2.45, 2.75) is 19.0 Å². The summed E-state index contributed by atoms with van der Waals surface area (Å²) in [7, 11) is 0. The minimum Gasteiger partial charge on any atom is -0.330 e. The summed E-state index contributed by atoms with van der Waals surface area (Å²) in [6.45, 7) is 1.12. The second-order valence-corrected chi connectivity index (χ2v) is 3.52. The second kappa shape index (κ2) is 4.37. The molecule has 1 unspecified atom stereocenters. The molecule has 0 bridgehead atoms. The van der Waals surface area contributed by atoms with Gasteiger partial charge in [0.15, 0.2) is 0 Å². The van der Waals surface area contributed by atoms with Gasteiger partial charge >= 0.3 is 6.18 Å². The summed E-state index contributed by atoms with van der Waals surface area (Å²) in [4.78, 5) is 3.77. The Morgan fingerprint density at radius 3 is 2.47 bits per heavy atom. The number of halogens is 4. The minimum atomic E-state index is -4.39. The van der Waals surface area contributed by atoms with Crippen molar-refractivity contribution < 1.29 is 13.2 Å². The summed E-state index contributed by atoms with van der Waals surface area (Å²) >= 11 is 5.64. The largest absolute Gasteiger partial charge is 0.397 e. The highest BCUT2D eigenvalue weighted by Gasteiger charge is 2.40. The molecule has 6 heteroatoms. The van der Waals surface area contributed by atoms with E-state index in [4.69, 9.17) is 17.3 Å². The van der Waals surface area contributed by atoms with Crippen LogP contribution in [0.2, 0.25) is 5.15 Å². The molecular weight excluding hydrogens is 229 g/mol. The Balaban J connectivity index is 3.13. The molecule has 1 atom stereocenters. The van der Waals surface area contributed by atoms with Crippen LogP contribution in [0.5, 0.6) is 0 Å². The zero-order valence-corrected chi connectivity index (χ0v) is 8.73. The smallest absolute Gasteiger partial charge is 0.330 e. The van der Waals surface area contributed by atoms with Crippen LogP contribution >= 0.6 is 11.6 Å². The molecule has 0 radical (unpaired) electrons. The Hall–Kier alpha value is -0.810. The van der Waals surface area contributed by atoms with Crippen LogP contribution in [0.15, 0.2) is 12.1 Å². The third kappa shape index (κ3) is 2.82. The second-order valence-electron chi connectivity index (χ2n) is 3.16. The predicted molar refractivity (Wildman–Crippen MR) is 51.8 cm³/mol. The summed E-state index contributed by atoms with van der Waals surface area (Å²) in [5.41, 5.74) is 5.59. The lowest BCUT2D eigenvalue weighted by Crippen LogP contribution is -2.28. The lowest BCUT2D eigenvalue weighted by molar-refractivity contribution is -0.148. The van der Waals surface area contributed by atoms with Crippen molar-refractivity contribution >= 4 is 11.6 Å². The van der Waals surface area contributed by atoms with Crippen LogP contribution in [0.4, 0.5) is 13.2 Å². The number of hydrogen-bond donors (Lipinski definition) is 1. The molecule has 2 nitrogen and oxygen atoms in total. The molecule has 84 valence electrons. The Morgan fingerprint density at radius 1 is 1.47 bits per heavy atom. The van der Waals surface area contributed by atoms with Crippen LogP contribution in [0.3, 0.4) is 0 Å². The first kappa shape index (κ1) is 12.3. The standard InChI is InChI=1S/C9H10ClF3N2/c1-5-2-3-6(8(10)15-5)7(4-14)9(11,12)13/h2-3,7H,4,14H2,1H3. The van der Waals surface area contributed by atoms with Gasteiger partial charge in [-0.25, -0.2) is 4.98 Å². The number of aromatic nitrogens is 1. The maximum Gasteiger partial charge on any atom is 0.397 e. The molecule has 0 aliphatic rings. The van der Waals surface area contributed by atoms with Crippen molar-refractivity contribution in [1.29, 1.82) is 0 Å². The van der Waals surface area contributed by atoms with Crippen LogP contribution < -0.4 is 5.73 Å². The zero-order chi connectivity index (χ0) is 11.6. The van der Waals surface area contributed by atoms with E-state index in [0.717, 1.165) is 0 Å². The Morgan fingerprint density at radius 2 is 2.07 bits per heavy atom. The third-order valence-electron chi connectivity index (χ3n) is 2.02. The van der Waals surface area contributed by atoms with E-state index in [1.165, 1.54) is 12.1 Å². The Labute approximate surface area is 90.3 Å². The molecule has 15 heavy (non-hydrogen) atoms. The highest BCUT2D eigenvalue weighted by atomic mass is 35.5. The van der Waals surface area contributed by atoms with Crippen molar-refractivity contribution in [3.63, 3.8) is 0 Å². The molecule has 0 spiro atoms. The van der Waals surface area contributed by atoms with Crippen LogP contribution in [0.1, 0.15) is 17.2 Å². The number of hydrogen-bond acceptors (Lipinski definition) is 2. The maximum atomic E-state index is 12.5. The normalized spacial score (nSPS) is 14.0. The number of nitrogens with two attached hydrogens (primary N) is 1. The molecule has 1 heterocycles. The fraction of sp³-hybridized carbons (Fsp3) is 0.444. The number of nitrogens with zero attached hydrogens (tertiary/aromatic N) is 1. The van der Waals surface area contributed by atoms with E-state index in [9.17, 15) is 13.2 Å². The molecule has 0 amide bonds. The summed E-state index contributed by atoms with van der Waals surface area (Å²) in [6, 6.07) is 2.80. The summed E-state index contributed by atoms with van der Waals surface area (Å²) in [5.74, 6) is -1.75. The van der Waals surface area contributed by atoms with Gasteiger partial charge in [0, 0.05) is 17.8 Å². The van der Waals surface area contributed by atoms with Crippen molar-refractivity contribution in [2.24, 2.45) is 5.73 Å². The van der Waals surface area contributed by atoms with E-state index in [1.54, 1.807) is 6.92 Å². The number of aryl methyl sites for hydroxylation is 1. The monoisotopic (exact) mass is 238 g/mol. The van der Waals surface area contributed by atoms with E-state index >= 15 is 0 Å². The molecule has 0 saturated carbocycles. The quantitative estimate of drug-likeness (QED) is 0.805. The van der Waals surface area contributed by atoms with Gasteiger partial charge in [0.05, 0.1) is 5.92 Å². The predicted octanol–water partition coefficient (Wildman–Crippen LogP) is 2.65. The fourth-order valence-corrected chi connectivity index (χ4v) is 1.56. The van der Waals surface area contributed by atoms with Gasteiger partial charge in [-0.05, 0) is 13.0 Å². The van der Waals surface area contributed by atoms with E-state index < -0.39 is 18.6 Å². The van der Waals surface area contributed by atoms with Crippen LogP contribution in [0.25, 0.3) is 0 Å². The van der Waals surface area contributed by atoms with Crippen LogP contribution in [0, 0.1) is 6.92 Å². The van der Waals surface area contributed by atoms with Gasteiger partial charge < -0.3 is 5.73 Å². The highest BCUT2D eigenvalue weighted by Crippen LogP contribution is 2.36. The topological polar surface area (TPSA) is 38.9 Å². The van der Waals surface area contributed by atoms with Gasteiger partial charge in [-0.2, -0.15) is 13.2 Å². The van der Waals surface area contributed by atoms with Crippen molar-refractivity contribution in [3.8, 4) is 0 Å². The molecule has 0 fully saturated rings. The molecule has 1 aromatic rings. The zero-order valence-electron chi connectivity index (χ0n) is 7.98. The lowest BCUT2D eigenvalue weighted by Gasteiger charge is -2.19. The molecule has 1 aromatic heterocycles. The summed E-state index contributed by atoms with van der Waals surface area (Å²) in [5, 5.41) is -0.136. The minimum absolute atomic E-state index is 0.0720. The van der Waals surface area contributed by atoms with Gasteiger partial charge in [0.25, 0.3) is 0 Å². The first-order valence-electron chi connectivity index (χ1n) is 4.26. The van der Waals surface area contributed by atoms with Gasteiger partial charge in [-0.3, -0.25) is 0 Å². The van der Waals surface area contributed by atoms with E-state index in [0.29, 0.717) is 5.69 Å². The van der Waals surface area contributed by atoms with Crippen molar-refractivity contribution in [1.82, 2.24) is 4.98 Å². The van der Waals surface area contributed by atoms with E-state index in [-0.39, 0.29) is 10.7 Å². The molecule has 0 aliphatic heterocycles. The van der Waals surface area contributed by atoms with Crippen molar-refractivity contribution in [3.05, 3.63) is 28.5 Å². The van der Waals surface area contributed by atoms with Gasteiger partial charge in [-0.15, -0.1) is 0 Å². The molecular formula is C9H10ClF3N2. The molecule has 0 aliphatic carbocycles. The molecule has 0 aromatic carbocycles. The average molecular weight is 239 g/mol. The van der Waals surface area contributed by atoms with Crippen LogP contribution in [-0.4, -0.2) is 17.7 Å². The number of rotatable bonds is 2. The molecule has 2 N–H and O–H groups in total. The van der Waals surface area contributed by atoms with Gasteiger partial charge in [-0.1, -0.05) is 17.7 Å². The maximum absolute atomic E-state index is 12.5. The SMILES string of the molecule is Cc1ccc(C(CN)C(F)(F)F)c(Cl)n1. The fourth-order valence-electron chi connectivity index (χ4n) is 1.23. The van der Waals surface area contributed by atoms with Crippen molar-refractivity contribution in [2.75, 3.05) is 6.54 Å². The molecule has 0 saturated heterocycles. The average Bonchev–Trinajstić information content (AvgIpc) is 2.07. The van der Waals surface area contributed by atoms with Gasteiger partial charge in [0.2, 0.25) is 0 Å². The molecule has 1 rings (SSSR count). The summed E-state index contributed by atoms with van der Waals surface area (Å²) < 4.78 is 37.6. The first-order chi connectivity index (χ1) is 6.86.